The summed E-state index contributed by atoms with van der Waals surface area (Å²) in [6, 6.07) is 0. The highest BCUT2D eigenvalue weighted by Crippen LogP contribution is 2.48. The second kappa shape index (κ2) is 5.38. The van der Waals surface area contributed by atoms with Crippen LogP contribution in [0.5, 0.6) is 0 Å². The predicted octanol–water partition coefficient (Wildman–Crippen LogP) is 4.23. The fourth-order valence-corrected chi connectivity index (χ4v) is 5.09. The summed E-state index contributed by atoms with van der Waals surface area (Å²) in [6.07, 6.45) is 0.915. The number of hydrogen-bond donors (Lipinski definition) is 0. The van der Waals surface area contributed by atoms with Gasteiger partial charge in [-0.2, -0.15) is 0 Å². The maximum atomic E-state index is 11.7. The highest BCUT2D eigenvalue weighted by atomic mass is 28.4. The molecule has 6 atom stereocenters. The van der Waals surface area contributed by atoms with Crippen LogP contribution in [0.4, 0.5) is 0 Å². The number of fused-ring (bicyclic) bond motifs is 1. The van der Waals surface area contributed by atoms with Gasteiger partial charge >= 0.3 is 5.97 Å². The lowest BCUT2D eigenvalue weighted by atomic mass is 9.66. The van der Waals surface area contributed by atoms with Crippen molar-refractivity contribution in [1.29, 1.82) is 0 Å². The molecule has 1 aliphatic heterocycles. The summed E-state index contributed by atoms with van der Waals surface area (Å²) in [5.74, 6) is 1.51. The molecule has 0 N–H and O–H groups in total. The second-order valence-electron chi connectivity index (χ2n) is 8.74. The molecule has 0 aromatic rings. The molecule has 0 aromatic carbocycles. The molecule has 1 heterocycles. The van der Waals surface area contributed by atoms with Crippen LogP contribution >= 0.6 is 0 Å². The van der Waals surface area contributed by atoms with Crippen LogP contribution in [0.25, 0.3) is 0 Å². The van der Waals surface area contributed by atoms with Crippen LogP contribution in [0, 0.1) is 23.7 Å². The van der Waals surface area contributed by atoms with Crippen molar-refractivity contribution in [1.82, 2.24) is 0 Å². The topological polar surface area (TPSA) is 35.5 Å². The van der Waals surface area contributed by atoms with Crippen molar-refractivity contribution < 1.29 is 14.0 Å². The molecular formula is C17H32O3Si. The van der Waals surface area contributed by atoms with Crippen molar-refractivity contribution in [3.05, 3.63) is 0 Å². The fourth-order valence-electron chi connectivity index (χ4n) is 3.63. The quantitative estimate of drug-likeness (QED) is 0.565. The van der Waals surface area contributed by atoms with E-state index in [-0.39, 0.29) is 23.2 Å². The number of esters is 1. The summed E-state index contributed by atoms with van der Waals surface area (Å²) in [4.78, 5) is 11.7. The molecule has 3 nitrogen and oxygen atoms in total. The van der Waals surface area contributed by atoms with Crippen LogP contribution in [0.1, 0.15) is 48.0 Å². The lowest BCUT2D eigenvalue weighted by molar-refractivity contribution is -0.147. The van der Waals surface area contributed by atoms with Crippen LogP contribution in [0.15, 0.2) is 0 Å². The number of carbonyl (C=O) groups is 1. The van der Waals surface area contributed by atoms with Gasteiger partial charge in [-0.15, -0.1) is 0 Å². The predicted molar refractivity (Wildman–Crippen MR) is 87.5 cm³/mol. The standard InChI is InChI=1S/C17H32O3Si/c1-10-11(2)16-13(9-14(18)19-16)12(3)15(10)20-21(7,8)17(4,5)6/h10-13,15-16H,9H2,1-8H3/t10-,11+,12+,13+,15+,16-/m1/s1. The fraction of sp³-hybridized carbons (Fsp3) is 0.941. The van der Waals surface area contributed by atoms with Crippen LogP contribution in [-0.4, -0.2) is 26.5 Å². The summed E-state index contributed by atoms with van der Waals surface area (Å²) < 4.78 is 12.3. The molecule has 0 spiro atoms. The third kappa shape index (κ3) is 2.94. The Morgan fingerprint density at radius 3 is 2.19 bits per heavy atom. The Morgan fingerprint density at radius 2 is 1.67 bits per heavy atom. The van der Waals surface area contributed by atoms with Crippen LogP contribution < -0.4 is 0 Å². The van der Waals surface area contributed by atoms with E-state index in [4.69, 9.17) is 9.16 Å². The summed E-state index contributed by atoms with van der Waals surface area (Å²) in [6.45, 7) is 18.2. The maximum Gasteiger partial charge on any atom is 0.306 e. The van der Waals surface area contributed by atoms with Gasteiger partial charge in [-0.25, -0.2) is 0 Å². The number of rotatable bonds is 2. The third-order valence-corrected chi connectivity index (χ3v) is 10.9. The first-order valence-corrected chi connectivity index (χ1v) is 11.2. The minimum absolute atomic E-state index is 0.0242. The molecule has 0 amide bonds. The van der Waals surface area contributed by atoms with E-state index in [0.29, 0.717) is 30.1 Å². The molecule has 0 radical (unpaired) electrons. The summed E-state index contributed by atoms with van der Waals surface area (Å²) in [7, 11) is -1.79. The van der Waals surface area contributed by atoms with E-state index in [9.17, 15) is 4.79 Å². The van der Waals surface area contributed by atoms with Crippen LogP contribution in [0.3, 0.4) is 0 Å². The Bertz CT molecular complexity index is 413. The number of ether oxygens (including phenoxy) is 1. The molecule has 0 aromatic heterocycles. The molecule has 2 rings (SSSR count). The zero-order chi connectivity index (χ0) is 16.2. The van der Waals surface area contributed by atoms with Crippen molar-refractivity contribution in [2.45, 2.75) is 78.3 Å². The Hall–Kier alpha value is -0.353. The average molecular weight is 313 g/mol. The molecule has 2 fully saturated rings. The summed E-state index contributed by atoms with van der Waals surface area (Å²) in [5.41, 5.74) is 0. The molecule has 0 bridgehead atoms. The van der Waals surface area contributed by atoms with Crippen molar-refractivity contribution in [3.63, 3.8) is 0 Å². The molecule has 1 saturated heterocycles. The van der Waals surface area contributed by atoms with Gasteiger partial charge in [-0.3, -0.25) is 4.79 Å². The van der Waals surface area contributed by atoms with E-state index >= 15 is 0 Å². The lowest BCUT2D eigenvalue weighted by Crippen LogP contribution is -2.54. The van der Waals surface area contributed by atoms with Crippen molar-refractivity contribution in [2.75, 3.05) is 0 Å². The Kier molecular flexibility index (Phi) is 4.35. The first-order valence-electron chi connectivity index (χ1n) is 8.33. The smallest absolute Gasteiger partial charge is 0.306 e. The lowest BCUT2D eigenvalue weighted by Gasteiger charge is -2.49. The van der Waals surface area contributed by atoms with Crippen LogP contribution in [-0.2, 0) is 14.0 Å². The normalized spacial score (nSPS) is 40.9. The van der Waals surface area contributed by atoms with Gasteiger partial charge in [-0.05, 0) is 35.9 Å². The van der Waals surface area contributed by atoms with Crippen molar-refractivity contribution >= 4 is 14.3 Å². The Labute approximate surface area is 130 Å². The number of hydrogen-bond acceptors (Lipinski definition) is 3. The summed E-state index contributed by atoms with van der Waals surface area (Å²) >= 11 is 0. The van der Waals surface area contributed by atoms with Crippen LogP contribution in [0.2, 0.25) is 18.1 Å². The molecular weight excluding hydrogens is 280 g/mol. The van der Waals surface area contributed by atoms with E-state index in [1.165, 1.54) is 0 Å². The first kappa shape index (κ1) is 17.0. The van der Waals surface area contributed by atoms with Gasteiger partial charge in [0.25, 0.3) is 0 Å². The monoisotopic (exact) mass is 312 g/mol. The highest BCUT2D eigenvalue weighted by molar-refractivity contribution is 6.74. The van der Waals surface area contributed by atoms with E-state index in [1.54, 1.807) is 0 Å². The summed E-state index contributed by atoms with van der Waals surface area (Å²) in [5, 5.41) is 0.217. The van der Waals surface area contributed by atoms with E-state index in [2.05, 4.69) is 54.6 Å². The molecule has 21 heavy (non-hydrogen) atoms. The van der Waals surface area contributed by atoms with Crippen molar-refractivity contribution in [2.24, 2.45) is 23.7 Å². The molecule has 4 heteroatoms. The van der Waals surface area contributed by atoms with E-state index < -0.39 is 8.32 Å². The van der Waals surface area contributed by atoms with Crippen molar-refractivity contribution in [3.8, 4) is 0 Å². The zero-order valence-corrected chi connectivity index (χ0v) is 15.9. The minimum Gasteiger partial charge on any atom is -0.462 e. The van der Waals surface area contributed by atoms with Gasteiger partial charge in [0.2, 0.25) is 0 Å². The van der Waals surface area contributed by atoms with Gasteiger partial charge in [0.1, 0.15) is 6.10 Å². The van der Waals surface area contributed by atoms with Gasteiger partial charge in [-0.1, -0.05) is 41.5 Å². The van der Waals surface area contributed by atoms with E-state index in [0.717, 1.165) is 0 Å². The maximum absolute atomic E-state index is 11.7. The van der Waals surface area contributed by atoms with E-state index in [1.807, 2.05) is 0 Å². The second-order valence-corrected chi connectivity index (χ2v) is 13.5. The minimum atomic E-state index is -1.79. The highest BCUT2D eigenvalue weighted by Gasteiger charge is 2.53. The van der Waals surface area contributed by atoms with Gasteiger partial charge < -0.3 is 9.16 Å². The third-order valence-electron chi connectivity index (χ3n) is 6.39. The average Bonchev–Trinajstić information content (AvgIpc) is 2.73. The molecule has 0 unspecified atom stereocenters. The molecule has 1 saturated carbocycles. The largest absolute Gasteiger partial charge is 0.462 e. The molecule has 2 aliphatic rings. The Morgan fingerprint density at radius 1 is 1.10 bits per heavy atom. The number of carbonyl (C=O) groups excluding carboxylic acids is 1. The Balaban J connectivity index is 2.22. The van der Waals surface area contributed by atoms with Gasteiger partial charge in [0.05, 0.1) is 12.5 Å². The van der Waals surface area contributed by atoms with Gasteiger partial charge in [0, 0.05) is 5.92 Å². The SMILES string of the molecule is C[C@@H]1[C@H](C)[C@H]2OC(=O)C[C@H]2[C@H](C)[C@H]1O[Si](C)(C)C(C)(C)C. The molecule has 1 aliphatic carbocycles. The first-order chi connectivity index (χ1) is 9.45. The zero-order valence-electron chi connectivity index (χ0n) is 14.9. The molecule has 122 valence electrons. The van der Waals surface area contributed by atoms with Gasteiger partial charge in [0.15, 0.2) is 8.32 Å².